The standard InChI is InChI=1S/C13H16F3NO/c1-9-8-17-7-6-12(9)18-11-4-2-10(3-5-11)13(14,15)16/h2-5,9,12,17H,6-8H2,1H3. The molecule has 100 valence electrons. The molecule has 1 N–H and O–H groups in total. The Morgan fingerprint density at radius 3 is 2.44 bits per heavy atom. The van der Waals surface area contributed by atoms with Crippen LogP contribution >= 0.6 is 0 Å². The van der Waals surface area contributed by atoms with Crippen LogP contribution in [-0.4, -0.2) is 19.2 Å². The molecule has 0 saturated carbocycles. The van der Waals surface area contributed by atoms with Crippen molar-refractivity contribution in [3.8, 4) is 5.75 Å². The predicted octanol–water partition coefficient (Wildman–Crippen LogP) is 3.08. The Morgan fingerprint density at radius 2 is 1.89 bits per heavy atom. The SMILES string of the molecule is CC1CNCCC1Oc1ccc(C(F)(F)F)cc1. The molecule has 0 radical (unpaired) electrons. The van der Waals surface area contributed by atoms with Crippen molar-refractivity contribution in [2.75, 3.05) is 13.1 Å². The van der Waals surface area contributed by atoms with Crippen LogP contribution in [0, 0.1) is 5.92 Å². The van der Waals surface area contributed by atoms with Crippen LogP contribution in [0.4, 0.5) is 13.2 Å². The van der Waals surface area contributed by atoms with E-state index in [0.717, 1.165) is 31.6 Å². The molecule has 5 heteroatoms. The van der Waals surface area contributed by atoms with Crippen LogP contribution in [-0.2, 0) is 6.18 Å². The van der Waals surface area contributed by atoms with E-state index in [-0.39, 0.29) is 6.10 Å². The van der Waals surface area contributed by atoms with Gasteiger partial charge in [-0.1, -0.05) is 6.92 Å². The molecule has 0 spiro atoms. The number of alkyl halides is 3. The van der Waals surface area contributed by atoms with Gasteiger partial charge in [-0.05, 0) is 37.2 Å². The van der Waals surface area contributed by atoms with Gasteiger partial charge in [0.2, 0.25) is 0 Å². The fourth-order valence-electron chi connectivity index (χ4n) is 2.06. The minimum absolute atomic E-state index is 0.0722. The minimum atomic E-state index is -4.29. The molecule has 1 aromatic rings. The van der Waals surface area contributed by atoms with Gasteiger partial charge in [-0.3, -0.25) is 0 Å². The number of ether oxygens (including phenoxy) is 1. The van der Waals surface area contributed by atoms with Crippen molar-refractivity contribution in [2.24, 2.45) is 5.92 Å². The highest BCUT2D eigenvalue weighted by Crippen LogP contribution is 2.30. The molecule has 1 aliphatic heterocycles. The second-order valence-electron chi connectivity index (χ2n) is 4.65. The van der Waals surface area contributed by atoms with Crippen LogP contribution in [0.3, 0.4) is 0 Å². The van der Waals surface area contributed by atoms with Gasteiger partial charge in [0.15, 0.2) is 0 Å². The van der Waals surface area contributed by atoms with Crippen molar-refractivity contribution in [1.29, 1.82) is 0 Å². The number of benzene rings is 1. The third-order valence-electron chi connectivity index (χ3n) is 3.18. The molecule has 1 heterocycles. The van der Waals surface area contributed by atoms with Crippen molar-refractivity contribution in [3.05, 3.63) is 29.8 Å². The van der Waals surface area contributed by atoms with E-state index < -0.39 is 11.7 Å². The molecular formula is C13H16F3NO. The van der Waals surface area contributed by atoms with Crippen LogP contribution < -0.4 is 10.1 Å². The molecule has 1 aromatic carbocycles. The van der Waals surface area contributed by atoms with E-state index >= 15 is 0 Å². The lowest BCUT2D eigenvalue weighted by Gasteiger charge is -2.30. The topological polar surface area (TPSA) is 21.3 Å². The van der Waals surface area contributed by atoms with Crippen molar-refractivity contribution < 1.29 is 17.9 Å². The summed E-state index contributed by atoms with van der Waals surface area (Å²) >= 11 is 0. The summed E-state index contributed by atoms with van der Waals surface area (Å²) in [5.41, 5.74) is -0.645. The number of hydrogen-bond acceptors (Lipinski definition) is 2. The van der Waals surface area contributed by atoms with Crippen molar-refractivity contribution in [2.45, 2.75) is 25.6 Å². The minimum Gasteiger partial charge on any atom is -0.490 e. The molecule has 1 saturated heterocycles. The highest BCUT2D eigenvalue weighted by Gasteiger charge is 2.30. The molecule has 1 fully saturated rings. The van der Waals surface area contributed by atoms with Crippen LogP contribution in [0.25, 0.3) is 0 Å². The van der Waals surface area contributed by atoms with Crippen molar-refractivity contribution in [1.82, 2.24) is 5.32 Å². The third-order valence-corrected chi connectivity index (χ3v) is 3.18. The summed E-state index contributed by atoms with van der Waals surface area (Å²) in [6.07, 6.45) is -3.34. The van der Waals surface area contributed by atoms with Gasteiger partial charge in [0.25, 0.3) is 0 Å². The molecule has 18 heavy (non-hydrogen) atoms. The fraction of sp³-hybridized carbons (Fsp3) is 0.538. The van der Waals surface area contributed by atoms with E-state index in [1.807, 2.05) is 0 Å². The summed E-state index contributed by atoms with van der Waals surface area (Å²) in [6, 6.07) is 4.89. The number of halogens is 3. The van der Waals surface area contributed by atoms with Gasteiger partial charge in [0, 0.05) is 12.5 Å². The molecule has 0 amide bonds. The van der Waals surface area contributed by atoms with E-state index in [4.69, 9.17) is 4.74 Å². The monoisotopic (exact) mass is 259 g/mol. The van der Waals surface area contributed by atoms with Gasteiger partial charge in [-0.15, -0.1) is 0 Å². The molecule has 0 aliphatic carbocycles. The first-order valence-corrected chi connectivity index (χ1v) is 6.01. The van der Waals surface area contributed by atoms with E-state index in [2.05, 4.69) is 12.2 Å². The van der Waals surface area contributed by atoms with E-state index in [1.54, 1.807) is 0 Å². The number of hydrogen-bond donors (Lipinski definition) is 1. The second-order valence-corrected chi connectivity index (χ2v) is 4.65. The first-order chi connectivity index (χ1) is 8.47. The largest absolute Gasteiger partial charge is 0.490 e. The average molecular weight is 259 g/mol. The lowest BCUT2D eigenvalue weighted by Crippen LogP contribution is -2.41. The van der Waals surface area contributed by atoms with Crippen LogP contribution in [0.1, 0.15) is 18.9 Å². The van der Waals surface area contributed by atoms with Gasteiger partial charge in [-0.25, -0.2) is 0 Å². The van der Waals surface area contributed by atoms with Gasteiger partial charge < -0.3 is 10.1 Å². The zero-order chi connectivity index (χ0) is 13.2. The molecule has 2 nitrogen and oxygen atoms in total. The lowest BCUT2D eigenvalue weighted by molar-refractivity contribution is -0.137. The highest BCUT2D eigenvalue weighted by atomic mass is 19.4. The smallest absolute Gasteiger partial charge is 0.416 e. The predicted molar refractivity (Wildman–Crippen MR) is 62.5 cm³/mol. The maximum absolute atomic E-state index is 12.4. The zero-order valence-electron chi connectivity index (χ0n) is 10.1. The fourth-order valence-corrected chi connectivity index (χ4v) is 2.06. The Kier molecular flexibility index (Phi) is 3.80. The lowest BCUT2D eigenvalue weighted by atomic mass is 9.98. The molecule has 1 aliphatic rings. The van der Waals surface area contributed by atoms with Crippen LogP contribution in [0.5, 0.6) is 5.75 Å². The Labute approximate surface area is 104 Å². The van der Waals surface area contributed by atoms with Crippen LogP contribution in [0.2, 0.25) is 0 Å². The Hall–Kier alpha value is -1.23. The second kappa shape index (κ2) is 5.18. The Bertz CT molecular complexity index is 388. The van der Waals surface area contributed by atoms with E-state index in [9.17, 15) is 13.2 Å². The number of nitrogens with one attached hydrogen (secondary N) is 1. The Balaban J connectivity index is 2.02. The summed E-state index contributed by atoms with van der Waals surface area (Å²) in [5.74, 6) is 0.864. The summed E-state index contributed by atoms with van der Waals surface area (Å²) in [7, 11) is 0. The average Bonchev–Trinajstić information content (AvgIpc) is 2.32. The van der Waals surface area contributed by atoms with Crippen molar-refractivity contribution >= 4 is 0 Å². The zero-order valence-corrected chi connectivity index (χ0v) is 10.1. The van der Waals surface area contributed by atoms with Gasteiger partial charge in [-0.2, -0.15) is 13.2 Å². The van der Waals surface area contributed by atoms with Crippen molar-refractivity contribution in [3.63, 3.8) is 0 Å². The van der Waals surface area contributed by atoms with Crippen LogP contribution in [0.15, 0.2) is 24.3 Å². The first-order valence-electron chi connectivity index (χ1n) is 6.01. The molecule has 2 atom stereocenters. The molecule has 0 bridgehead atoms. The summed E-state index contributed by atoms with van der Waals surface area (Å²) in [6.45, 7) is 3.84. The molecular weight excluding hydrogens is 243 g/mol. The maximum atomic E-state index is 12.4. The molecule has 2 rings (SSSR count). The van der Waals surface area contributed by atoms with Gasteiger partial charge in [0.05, 0.1) is 5.56 Å². The summed E-state index contributed by atoms with van der Waals surface area (Å²) in [5, 5.41) is 3.25. The Morgan fingerprint density at radius 1 is 1.22 bits per heavy atom. The quantitative estimate of drug-likeness (QED) is 0.881. The molecule has 0 aromatic heterocycles. The normalized spacial score (nSPS) is 24.9. The summed E-state index contributed by atoms with van der Waals surface area (Å²) in [4.78, 5) is 0. The highest BCUT2D eigenvalue weighted by molar-refractivity contribution is 5.29. The van der Waals surface area contributed by atoms with E-state index in [0.29, 0.717) is 11.7 Å². The third kappa shape index (κ3) is 3.16. The summed E-state index contributed by atoms with van der Waals surface area (Å²) < 4.78 is 42.9. The van der Waals surface area contributed by atoms with Gasteiger partial charge in [0.1, 0.15) is 11.9 Å². The number of piperidine rings is 1. The van der Waals surface area contributed by atoms with Gasteiger partial charge >= 0.3 is 6.18 Å². The number of rotatable bonds is 2. The maximum Gasteiger partial charge on any atom is 0.416 e. The van der Waals surface area contributed by atoms with E-state index in [1.165, 1.54) is 12.1 Å². The molecule has 2 unspecified atom stereocenters. The first kappa shape index (κ1) is 13.2.